The van der Waals surface area contributed by atoms with E-state index in [4.69, 9.17) is 4.74 Å². The van der Waals surface area contributed by atoms with E-state index in [1.54, 1.807) is 11.1 Å². The Hall–Kier alpha value is -1.35. The second-order valence-corrected chi connectivity index (χ2v) is 9.18. The molecule has 3 heteroatoms. The van der Waals surface area contributed by atoms with Gasteiger partial charge in [0, 0.05) is 5.92 Å². The lowest BCUT2D eigenvalue weighted by Gasteiger charge is -2.51. The zero-order chi connectivity index (χ0) is 16.8. The molecule has 1 heterocycles. The standard InChI is InChI=1S/C22H26O2S/c23-22(20-8-3-13-25-20)24-19-7-2-5-15-10-11-17-16-6-1-4-14(16)9-12-18(17)21(15)19/h1,3-4,8,13,15,17-19,21H,2,5-7,9-12H2. The number of fused-ring (bicyclic) bond motifs is 4. The van der Waals surface area contributed by atoms with Crippen LogP contribution in [0, 0.1) is 23.7 Å². The van der Waals surface area contributed by atoms with E-state index in [0.717, 1.165) is 29.1 Å². The number of ether oxygens (including phenoxy) is 1. The summed E-state index contributed by atoms with van der Waals surface area (Å²) in [7, 11) is 0. The van der Waals surface area contributed by atoms with Crippen LogP contribution in [-0.2, 0) is 4.74 Å². The van der Waals surface area contributed by atoms with E-state index in [9.17, 15) is 4.79 Å². The van der Waals surface area contributed by atoms with Gasteiger partial charge in [-0.15, -0.1) is 11.3 Å². The maximum Gasteiger partial charge on any atom is 0.348 e. The van der Waals surface area contributed by atoms with Crippen molar-refractivity contribution in [2.24, 2.45) is 23.7 Å². The van der Waals surface area contributed by atoms with Crippen LogP contribution in [-0.4, -0.2) is 12.1 Å². The van der Waals surface area contributed by atoms with Crippen LogP contribution in [0.1, 0.15) is 61.0 Å². The molecule has 4 aliphatic rings. The molecule has 1 aromatic rings. The quantitative estimate of drug-likeness (QED) is 0.631. The van der Waals surface area contributed by atoms with E-state index >= 15 is 0 Å². The molecule has 0 aromatic carbocycles. The minimum atomic E-state index is -0.0963. The van der Waals surface area contributed by atoms with Crippen molar-refractivity contribution in [3.63, 3.8) is 0 Å². The van der Waals surface area contributed by atoms with Gasteiger partial charge in [0.25, 0.3) is 0 Å². The maximum absolute atomic E-state index is 12.6. The molecule has 4 aliphatic carbocycles. The first kappa shape index (κ1) is 15.9. The van der Waals surface area contributed by atoms with Gasteiger partial charge < -0.3 is 4.74 Å². The summed E-state index contributed by atoms with van der Waals surface area (Å²) in [5, 5.41) is 1.96. The van der Waals surface area contributed by atoms with E-state index in [2.05, 4.69) is 12.2 Å². The van der Waals surface area contributed by atoms with Crippen molar-refractivity contribution in [3.8, 4) is 0 Å². The van der Waals surface area contributed by atoms with Crippen molar-refractivity contribution in [2.75, 3.05) is 0 Å². The number of hydrogen-bond acceptors (Lipinski definition) is 3. The van der Waals surface area contributed by atoms with Crippen LogP contribution in [0.3, 0.4) is 0 Å². The average molecular weight is 355 g/mol. The second-order valence-electron chi connectivity index (χ2n) is 8.23. The number of carbonyl (C=O) groups is 1. The van der Waals surface area contributed by atoms with Crippen LogP contribution < -0.4 is 0 Å². The summed E-state index contributed by atoms with van der Waals surface area (Å²) in [6.45, 7) is 0. The first-order valence-electron chi connectivity index (χ1n) is 9.94. The SMILES string of the molecule is O=C(OC1CCCC2CCC3C4=C(C=CC4)CCC3C21)c1cccs1. The monoisotopic (exact) mass is 354 g/mol. The third-order valence-corrected chi connectivity index (χ3v) is 7.99. The molecule has 2 saturated carbocycles. The molecule has 0 radical (unpaired) electrons. The molecule has 5 atom stereocenters. The fraction of sp³-hybridized carbons (Fsp3) is 0.591. The van der Waals surface area contributed by atoms with Crippen molar-refractivity contribution in [1.82, 2.24) is 0 Å². The normalized spacial score (nSPS) is 36.6. The van der Waals surface area contributed by atoms with Gasteiger partial charge in [-0.05, 0) is 86.1 Å². The van der Waals surface area contributed by atoms with Crippen LogP contribution in [0.5, 0.6) is 0 Å². The largest absolute Gasteiger partial charge is 0.458 e. The highest BCUT2D eigenvalue weighted by Crippen LogP contribution is 2.55. The van der Waals surface area contributed by atoms with Crippen molar-refractivity contribution in [2.45, 2.75) is 57.5 Å². The Morgan fingerprint density at radius 2 is 2.12 bits per heavy atom. The fourth-order valence-electron chi connectivity index (χ4n) is 6.18. The van der Waals surface area contributed by atoms with Gasteiger partial charge >= 0.3 is 5.97 Å². The summed E-state index contributed by atoms with van der Waals surface area (Å²) >= 11 is 1.49. The van der Waals surface area contributed by atoms with E-state index in [-0.39, 0.29) is 12.1 Å². The number of carbonyl (C=O) groups excluding carboxylic acids is 1. The predicted molar refractivity (Wildman–Crippen MR) is 101 cm³/mol. The van der Waals surface area contributed by atoms with Crippen molar-refractivity contribution < 1.29 is 9.53 Å². The Bertz CT molecular complexity index is 714. The van der Waals surface area contributed by atoms with E-state index in [0.29, 0.717) is 5.92 Å². The van der Waals surface area contributed by atoms with E-state index in [1.807, 2.05) is 17.5 Å². The van der Waals surface area contributed by atoms with Gasteiger partial charge in [-0.1, -0.05) is 23.8 Å². The molecule has 0 amide bonds. The molecular weight excluding hydrogens is 328 g/mol. The smallest absolute Gasteiger partial charge is 0.348 e. The lowest BCUT2D eigenvalue weighted by molar-refractivity contribution is -0.0607. The van der Waals surface area contributed by atoms with Crippen LogP contribution in [0.4, 0.5) is 0 Å². The highest BCUT2D eigenvalue weighted by atomic mass is 32.1. The number of esters is 1. The highest BCUT2D eigenvalue weighted by Gasteiger charge is 2.48. The summed E-state index contributed by atoms with van der Waals surface area (Å²) in [6.07, 6.45) is 14.9. The maximum atomic E-state index is 12.6. The molecule has 2 fully saturated rings. The average Bonchev–Trinajstić information content (AvgIpc) is 3.33. The van der Waals surface area contributed by atoms with Gasteiger partial charge in [-0.25, -0.2) is 4.79 Å². The van der Waals surface area contributed by atoms with Crippen molar-refractivity contribution in [3.05, 3.63) is 45.7 Å². The van der Waals surface area contributed by atoms with Crippen LogP contribution >= 0.6 is 11.3 Å². The van der Waals surface area contributed by atoms with E-state index < -0.39 is 0 Å². The molecule has 25 heavy (non-hydrogen) atoms. The summed E-state index contributed by atoms with van der Waals surface area (Å²) in [5.74, 6) is 2.75. The molecule has 132 valence electrons. The molecule has 0 aliphatic heterocycles. The van der Waals surface area contributed by atoms with Crippen molar-refractivity contribution >= 4 is 17.3 Å². The number of allylic oxidation sites excluding steroid dienone is 4. The predicted octanol–water partition coefficient (Wildman–Crippen LogP) is 5.77. The number of thiophene rings is 1. The molecule has 5 unspecified atom stereocenters. The van der Waals surface area contributed by atoms with E-state index in [1.165, 1.54) is 56.3 Å². The van der Waals surface area contributed by atoms with Crippen molar-refractivity contribution in [1.29, 1.82) is 0 Å². The molecule has 5 rings (SSSR count). The summed E-state index contributed by atoms with van der Waals surface area (Å²) in [5.41, 5.74) is 3.35. The third kappa shape index (κ3) is 2.71. The minimum absolute atomic E-state index is 0.0963. The first-order valence-corrected chi connectivity index (χ1v) is 10.8. The van der Waals surface area contributed by atoms with Gasteiger partial charge in [-0.3, -0.25) is 0 Å². The van der Waals surface area contributed by atoms with Gasteiger partial charge in [0.15, 0.2) is 0 Å². The van der Waals surface area contributed by atoms with Crippen LogP contribution in [0.2, 0.25) is 0 Å². The molecule has 0 spiro atoms. The van der Waals surface area contributed by atoms with Crippen LogP contribution in [0.15, 0.2) is 40.8 Å². The van der Waals surface area contributed by atoms with Crippen LogP contribution in [0.25, 0.3) is 0 Å². The fourth-order valence-corrected chi connectivity index (χ4v) is 6.79. The zero-order valence-corrected chi connectivity index (χ0v) is 15.5. The number of hydrogen-bond donors (Lipinski definition) is 0. The molecular formula is C22H26O2S. The molecule has 0 bridgehead atoms. The zero-order valence-electron chi connectivity index (χ0n) is 14.7. The Kier molecular flexibility index (Phi) is 4.08. The summed E-state index contributed by atoms with van der Waals surface area (Å²) in [4.78, 5) is 13.3. The Balaban J connectivity index is 1.39. The van der Waals surface area contributed by atoms with Gasteiger partial charge in [-0.2, -0.15) is 0 Å². The molecule has 2 nitrogen and oxygen atoms in total. The van der Waals surface area contributed by atoms with Gasteiger partial charge in [0.2, 0.25) is 0 Å². The first-order chi connectivity index (χ1) is 12.3. The lowest BCUT2D eigenvalue weighted by atomic mass is 9.56. The summed E-state index contributed by atoms with van der Waals surface area (Å²) in [6, 6.07) is 3.82. The molecule has 0 saturated heterocycles. The minimum Gasteiger partial charge on any atom is -0.458 e. The number of rotatable bonds is 2. The summed E-state index contributed by atoms with van der Waals surface area (Å²) < 4.78 is 6.11. The Morgan fingerprint density at radius 1 is 1.16 bits per heavy atom. The molecule has 1 aromatic heterocycles. The molecule has 0 N–H and O–H groups in total. The second kappa shape index (κ2) is 6.42. The third-order valence-electron chi connectivity index (χ3n) is 7.14. The Morgan fingerprint density at radius 3 is 3.00 bits per heavy atom. The Labute approximate surface area is 154 Å². The highest BCUT2D eigenvalue weighted by molar-refractivity contribution is 7.11. The van der Waals surface area contributed by atoms with Gasteiger partial charge in [0.05, 0.1) is 0 Å². The van der Waals surface area contributed by atoms with Gasteiger partial charge in [0.1, 0.15) is 11.0 Å². The lowest BCUT2D eigenvalue weighted by Crippen LogP contribution is -2.47. The topological polar surface area (TPSA) is 26.3 Å².